The van der Waals surface area contributed by atoms with Crippen LogP contribution in [0.3, 0.4) is 0 Å². The molecule has 0 unspecified atom stereocenters. The maximum Gasteiger partial charge on any atom is 0.275 e. The summed E-state index contributed by atoms with van der Waals surface area (Å²) in [4.78, 5) is 25.9. The number of para-hydroxylation sites is 1. The largest absolute Gasteiger partial charge is 0.275 e. The summed E-state index contributed by atoms with van der Waals surface area (Å²) in [5.74, 6) is -0.375. The van der Waals surface area contributed by atoms with Gasteiger partial charge in [-0.1, -0.05) is 24.3 Å². The molecule has 0 radical (unpaired) electrons. The standard InChI is InChI=1S/C13H9NO2S/c15-12-8-9-4-1-2-5-10(9)14(12)13(16)11-6-3-7-17-11/h1-7H,8H2. The molecule has 0 fully saturated rings. The van der Waals surface area contributed by atoms with Gasteiger partial charge in [-0.2, -0.15) is 0 Å². The predicted octanol–water partition coefficient (Wildman–Crippen LogP) is 2.48. The Morgan fingerprint density at radius 2 is 2.00 bits per heavy atom. The van der Waals surface area contributed by atoms with Gasteiger partial charge in [-0.05, 0) is 23.1 Å². The zero-order valence-corrected chi connectivity index (χ0v) is 9.74. The zero-order valence-electron chi connectivity index (χ0n) is 8.92. The van der Waals surface area contributed by atoms with Crippen LogP contribution in [0.25, 0.3) is 0 Å². The lowest BCUT2D eigenvalue weighted by Crippen LogP contribution is -2.33. The van der Waals surface area contributed by atoms with E-state index in [1.165, 1.54) is 16.2 Å². The molecule has 1 aliphatic heterocycles. The number of carbonyl (C=O) groups excluding carboxylic acids is 2. The first-order valence-electron chi connectivity index (χ1n) is 5.26. The van der Waals surface area contributed by atoms with Crippen molar-refractivity contribution in [1.82, 2.24) is 0 Å². The SMILES string of the molecule is O=C1Cc2ccccc2N1C(=O)c1cccs1. The summed E-state index contributed by atoms with van der Waals surface area (Å²) in [5, 5.41) is 1.83. The van der Waals surface area contributed by atoms with Gasteiger partial charge >= 0.3 is 0 Å². The minimum Gasteiger partial charge on any atom is -0.274 e. The van der Waals surface area contributed by atoms with Gasteiger partial charge < -0.3 is 0 Å². The van der Waals surface area contributed by atoms with E-state index in [2.05, 4.69) is 0 Å². The van der Waals surface area contributed by atoms with Crippen molar-refractivity contribution in [2.75, 3.05) is 4.90 Å². The monoisotopic (exact) mass is 243 g/mol. The van der Waals surface area contributed by atoms with Crippen LogP contribution in [-0.4, -0.2) is 11.8 Å². The topological polar surface area (TPSA) is 37.4 Å². The molecule has 3 rings (SSSR count). The van der Waals surface area contributed by atoms with Gasteiger partial charge in [0.15, 0.2) is 0 Å². The summed E-state index contributed by atoms with van der Waals surface area (Å²) < 4.78 is 0. The Kier molecular flexibility index (Phi) is 2.30. The highest BCUT2D eigenvalue weighted by Gasteiger charge is 2.32. The van der Waals surface area contributed by atoms with Crippen molar-refractivity contribution in [2.45, 2.75) is 6.42 Å². The van der Waals surface area contributed by atoms with Gasteiger partial charge in [-0.25, -0.2) is 4.90 Å². The molecule has 3 nitrogen and oxygen atoms in total. The lowest BCUT2D eigenvalue weighted by atomic mass is 10.2. The number of fused-ring (bicyclic) bond motifs is 1. The van der Waals surface area contributed by atoms with E-state index in [0.29, 0.717) is 11.3 Å². The maximum atomic E-state index is 12.2. The molecule has 2 amide bonds. The van der Waals surface area contributed by atoms with Crippen LogP contribution in [-0.2, 0) is 11.2 Å². The third-order valence-electron chi connectivity index (χ3n) is 2.76. The number of nitrogens with zero attached hydrogens (tertiary/aromatic N) is 1. The molecular formula is C13H9NO2S. The number of carbonyl (C=O) groups is 2. The van der Waals surface area contributed by atoms with Gasteiger partial charge in [-0.3, -0.25) is 9.59 Å². The Morgan fingerprint density at radius 3 is 2.76 bits per heavy atom. The van der Waals surface area contributed by atoms with Crippen LogP contribution in [0, 0.1) is 0 Å². The van der Waals surface area contributed by atoms with Crippen molar-refractivity contribution < 1.29 is 9.59 Å². The van der Waals surface area contributed by atoms with Crippen LogP contribution in [0.15, 0.2) is 41.8 Å². The highest BCUT2D eigenvalue weighted by Crippen LogP contribution is 2.30. The highest BCUT2D eigenvalue weighted by molar-refractivity contribution is 7.12. The van der Waals surface area contributed by atoms with Gasteiger partial charge in [0.1, 0.15) is 0 Å². The number of imide groups is 1. The first kappa shape index (κ1) is 10.2. The summed E-state index contributed by atoms with van der Waals surface area (Å²) >= 11 is 1.35. The molecule has 4 heteroatoms. The Balaban J connectivity index is 2.04. The second-order valence-corrected chi connectivity index (χ2v) is 4.76. The molecule has 1 aromatic heterocycles. The number of anilines is 1. The van der Waals surface area contributed by atoms with Gasteiger partial charge in [0, 0.05) is 0 Å². The van der Waals surface area contributed by atoms with Crippen molar-refractivity contribution in [3.05, 3.63) is 52.2 Å². The molecule has 0 spiro atoms. The molecule has 2 aromatic rings. The normalized spacial score (nSPS) is 13.9. The van der Waals surface area contributed by atoms with Crippen molar-refractivity contribution >= 4 is 28.8 Å². The van der Waals surface area contributed by atoms with Gasteiger partial charge in [0.2, 0.25) is 5.91 Å². The summed E-state index contributed by atoms with van der Waals surface area (Å²) in [7, 11) is 0. The summed E-state index contributed by atoms with van der Waals surface area (Å²) in [6.45, 7) is 0. The average molecular weight is 243 g/mol. The molecule has 0 saturated heterocycles. The fourth-order valence-corrected chi connectivity index (χ4v) is 2.64. The van der Waals surface area contributed by atoms with Crippen LogP contribution in [0.1, 0.15) is 15.2 Å². The Labute approximate surface area is 102 Å². The van der Waals surface area contributed by atoms with Crippen LogP contribution < -0.4 is 4.90 Å². The first-order chi connectivity index (χ1) is 8.27. The fraction of sp³-hybridized carbons (Fsp3) is 0.0769. The van der Waals surface area contributed by atoms with Crippen molar-refractivity contribution in [3.8, 4) is 0 Å². The van der Waals surface area contributed by atoms with Gasteiger partial charge in [-0.15, -0.1) is 11.3 Å². The summed E-state index contributed by atoms with van der Waals surface area (Å²) in [5.41, 5.74) is 1.64. The number of hydrogen-bond donors (Lipinski definition) is 0. The number of hydrogen-bond acceptors (Lipinski definition) is 3. The van der Waals surface area contributed by atoms with E-state index in [9.17, 15) is 9.59 Å². The molecular weight excluding hydrogens is 234 g/mol. The van der Waals surface area contributed by atoms with Crippen LogP contribution in [0.2, 0.25) is 0 Å². The molecule has 0 atom stereocenters. The fourth-order valence-electron chi connectivity index (χ4n) is 1.99. The van der Waals surface area contributed by atoms with E-state index in [1.807, 2.05) is 35.7 Å². The first-order valence-corrected chi connectivity index (χ1v) is 6.14. The van der Waals surface area contributed by atoms with Crippen LogP contribution in [0.4, 0.5) is 5.69 Å². The lowest BCUT2D eigenvalue weighted by Gasteiger charge is -2.13. The quantitative estimate of drug-likeness (QED) is 0.721. The molecule has 0 N–H and O–H groups in total. The number of rotatable bonds is 1. The number of benzene rings is 1. The maximum absolute atomic E-state index is 12.2. The van der Waals surface area contributed by atoms with E-state index in [1.54, 1.807) is 6.07 Å². The third kappa shape index (κ3) is 1.57. The van der Waals surface area contributed by atoms with E-state index < -0.39 is 0 Å². The molecule has 0 aliphatic carbocycles. The molecule has 1 aliphatic rings. The van der Waals surface area contributed by atoms with Crippen LogP contribution in [0.5, 0.6) is 0 Å². The molecule has 17 heavy (non-hydrogen) atoms. The molecule has 2 heterocycles. The second kappa shape index (κ2) is 3.82. The number of thiophene rings is 1. The highest BCUT2D eigenvalue weighted by atomic mass is 32.1. The Bertz CT molecular complexity index is 589. The van der Waals surface area contributed by atoms with E-state index in [-0.39, 0.29) is 11.8 Å². The number of amides is 2. The Morgan fingerprint density at radius 1 is 1.18 bits per heavy atom. The predicted molar refractivity (Wildman–Crippen MR) is 66.3 cm³/mol. The second-order valence-electron chi connectivity index (χ2n) is 3.82. The van der Waals surface area contributed by atoms with E-state index >= 15 is 0 Å². The van der Waals surface area contributed by atoms with Gasteiger partial charge in [0.05, 0.1) is 17.0 Å². The average Bonchev–Trinajstić information content (AvgIpc) is 2.94. The van der Waals surface area contributed by atoms with E-state index in [4.69, 9.17) is 0 Å². The smallest absolute Gasteiger partial charge is 0.274 e. The molecule has 0 saturated carbocycles. The zero-order chi connectivity index (χ0) is 11.8. The van der Waals surface area contributed by atoms with Gasteiger partial charge in [0.25, 0.3) is 5.91 Å². The van der Waals surface area contributed by atoms with Crippen molar-refractivity contribution in [2.24, 2.45) is 0 Å². The van der Waals surface area contributed by atoms with E-state index in [0.717, 1.165) is 11.3 Å². The molecule has 84 valence electrons. The third-order valence-corrected chi connectivity index (χ3v) is 3.62. The molecule has 0 bridgehead atoms. The van der Waals surface area contributed by atoms with Crippen LogP contribution >= 0.6 is 11.3 Å². The lowest BCUT2D eigenvalue weighted by molar-refractivity contribution is -0.116. The Hall–Kier alpha value is -1.94. The minimum absolute atomic E-state index is 0.149. The summed E-state index contributed by atoms with van der Waals surface area (Å²) in [6, 6.07) is 11.0. The van der Waals surface area contributed by atoms with Crippen molar-refractivity contribution in [3.63, 3.8) is 0 Å². The molecule has 1 aromatic carbocycles. The minimum atomic E-state index is -0.227. The summed E-state index contributed by atoms with van der Waals surface area (Å²) in [6.07, 6.45) is 0.313. The van der Waals surface area contributed by atoms with Crippen molar-refractivity contribution in [1.29, 1.82) is 0 Å².